The Morgan fingerprint density at radius 3 is 2.59 bits per heavy atom. The van der Waals surface area contributed by atoms with Crippen LogP contribution in [0.2, 0.25) is 0 Å². The van der Waals surface area contributed by atoms with Gasteiger partial charge in [0.1, 0.15) is 35.0 Å². The number of nitrogens with one attached hydrogen (secondary N) is 4. The normalized spacial score (nSPS) is 16.0. The molecule has 188 valence electrons. The summed E-state index contributed by atoms with van der Waals surface area (Å²) in [4.78, 5) is 50.8. The second-order valence-corrected chi connectivity index (χ2v) is 8.84. The minimum Gasteiger partial charge on any atom is -0.379 e. The topological polar surface area (TPSA) is 120 Å². The number of hydrogen-bond acceptors (Lipinski definition) is 6. The van der Waals surface area contributed by atoms with Gasteiger partial charge in [0, 0.05) is 29.4 Å². The molecule has 2 aromatic carbocycles. The predicted molar refractivity (Wildman–Crippen MR) is 136 cm³/mol. The zero-order valence-electron chi connectivity index (χ0n) is 19.8. The molecular weight excluding hydrogens is 475 g/mol. The van der Waals surface area contributed by atoms with E-state index in [2.05, 4.69) is 20.9 Å². The Balaban J connectivity index is 1.58. The number of benzene rings is 2. The molecule has 0 spiro atoms. The van der Waals surface area contributed by atoms with Crippen molar-refractivity contribution in [2.24, 2.45) is 5.92 Å². The van der Waals surface area contributed by atoms with Crippen molar-refractivity contribution in [1.29, 1.82) is 0 Å². The van der Waals surface area contributed by atoms with Gasteiger partial charge in [0.2, 0.25) is 0 Å². The Bertz CT molecular complexity index is 1390. The van der Waals surface area contributed by atoms with Crippen molar-refractivity contribution in [2.45, 2.75) is 31.3 Å². The van der Waals surface area contributed by atoms with Crippen molar-refractivity contribution in [1.82, 2.24) is 20.9 Å². The van der Waals surface area contributed by atoms with E-state index in [1.807, 2.05) is 36.1 Å². The van der Waals surface area contributed by atoms with Gasteiger partial charge in [0.05, 0.1) is 17.8 Å². The zero-order valence-corrected chi connectivity index (χ0v) is 19.8. The summed E-state index contributed by atoms with van der Waals surface area (Å²) in [6.07, 6.45) is 2.39. The van der Waals surface area contributed by atoms with Gasteiger partial charge in [-0.2, -0.15) is 0 Å². The monoisotopic (exact) mass is 500 g/mol. The van der Waals surface area contributed by atoms with Gasteiger partial charge in [0.15, 0.2) is 0 Å². The van der Waals surface area contributed by atoms with E-state index in [4.69, 9.17) is 0 Å². The van der Waals surface area contributed by atoms with Gasteiger partial charge in [-0.15, -0.1) is 0 Å². The fraction of sp³-hybridized carbons (Fsp3) is 0.250. The molecule has 1 amide bonds. The van der Waals surface area contributed by atoms with Crippen LogP contribution in [0.4, 0.5) is 4.39 Å². The lowest BCUT2D eigenvalue weighted by Crippen LogP contribution is -2.45. The Morgan fingerprint density at radius 2 is 1.89 bits per heavy atom. The molecule has 1 aliphatic heterocycles. The van der Waals surface area contributed by atoms with E-state index in [0.29, 0.717) is 36.3 Å². The fourth-order valence-corrected chi connectivity index (χ4v) is 4.50. The summed E-state index contributed by atoms with van der Waals surface area (Å²) in [5.74, 6) is 4.45. The summed E-state index contributed by atoms with van der Waals surface area (Å²) in [7, 11) is 0. The number of para-hydroxylation sites is 1. The lowest BCUT2D eigenvalue weighted by Gasteiger charge is -2.25. The van der Waals surface area contributed by atoms with Crippen LogP contribution in [0.25, 0.3) is 10.9 Å². The van der Waals surface area contributed by atoms with Crippen LogP contribution >= 0.6 is 0 Å². The van der Waals surface area contributed by atoms with Gasteiger partial charge in [-0.25, -0.2) is 18.8 Å². The molecule has 4 N–H and O–H groups in total. The van der Waals surface area contributed by atoms with E-state index in [-0.39, 0.29) is 18.0 Å². The van der Waals surface area contributed by atoms with Crippen molar-refractivity contribution in [3.63, 3.8) is 0 Å². The quantitative estimate of drug-likeness (QED) is 0.318. The first kappa shape index (κ1) is 25.4. The maximum Gasteiger partial charge on any atom is 0.268 e. The standard InChI is InChI=1S/C28H25FN4O4/c29-21-7-5-18(6-8-21)13-24(33-28(37)25-15-19-3-1-2-4-23(19)32-25)27(17-36)31-22(10-12-34)14-20-9-11-30-26(20)16-35/h1-8,10,15,20,22,24,30-32H,9,11,13-14H2,(H,33,37)/t20-,22+,24-/m0/s1. The Hall–Kier alpha value is -4.67. The van der Waals surface area contributed by atoms with Crippen LogP contribution in [0.1, 0.15) is 28.9 Å². The second-order valence-electron chi connectivity index (χ2n) is 8.84. The number of carbonyl (C=O) groups is 1. The number of aromatic amines is 1. The molecule has 1 aromatic heterocycles. The maximum atomic E-state index is 13.5. The first-order valence-electron chi connectivity index (χ1n) is 11.8. The molecule has 1 saturated heterocycles. The average Bonchev–Trinajstić information content (AvgIpc) is 3.55. The van der Waals surface area contributed by atoms with Crippen molar-refractivity contribution in [3.05, 3.63) is 89.1 Å². The van der Waals surface area contributed by atoms with E-state index in [1.54, 1.807) is 24.1 Å². The van der Waals surface area contributed by atoms with Gasteiger partial charge in [-0.05, 0) is 49.1 Å². The van der Waals surface area contributed by atoms with E-state index in [1.165, 1.54) is 18.2 Å². The number of amides is 1. The van der Waals surface area contributed by atoms with Gasteiger partial charge < -0.3 is 20.9 Å². The molecule has 8 nitrogen and oxygen atoms in total. The zero-order chi connectivity index (χ0) is 26.2. The molecule has 2 heterocycles. The summed E-state index contributed by atoms with van der Waals surface area (Å²) in [6, 6.07) is 13.3. The van der Waals surface area contributed by atoms with Crippen LogP contribution in [0, 0.1) is 11.7 Å². The van der Waals surface area contributed by atoms with Crippen LogP contribution in [0.5, 0.6) is 0 Å². The molecule has 3 aromatic rings. The lowest BCUT2D eigenvalue weighted by molar-refractivity contribution is 0.0937. The number of fused-ring (bicyclic) bond motifs is 1. The molecule has 0 bridgehead atoms. The second kappa shape index (κ2) is 11.8. The van der Waals surface area contributed by atoms with Crippen molar-refractivity contribution in [3.8, 4) is 0 Å². The molecule has 0 aliphatic carbocycles. The van der Waals surface area contributed by atoms with Gasteiger partial charge in [0.25, 0.3) is 5.91 Å². The summed E-state index contributed by atoms with van der Waals surface area (Å²) in [5.41, 5.74) is 2.18. The number of rotatable bonds is 10. The van der Waals surface area contributed by atoms with Crippen LogP contribution in [0.15, 0.2) is 72.1 Å². The van der Waals surface area contributed by atoms with Crippen LogP contribution in [-0.2, 0) is 20.8 Å². The highest BCUT2D eigenvalue weighted by molar-refractivity contribution is 5.98. The molecule has 0 unspecified atom stereocenters. The first-order chi connectivity index (χ1) is 18.0. The summed E-state index contributed by atoms with van der Waals surface area (Å²) < 4.78 is 13.5. The Morgan fingerprint density at radius 1 is 1.11 bits per heavy atom. The number of carbonyl (C=O) groups excluding carboxylic acids is 4. The highest BCUT2D eigenvalue weighted by atomic mass is 19.1. The largest absolute Gasteiger partial charge is 0.379 e. The van der Waals surface area contributed by atoms with E-state index in [0.717, 1.165) is 10.9 Å². The molecule has 0 saturated carbocycles. The minimum atomic E-state index is -0.868. The molecular formula is C28H25FN4O4. The van der Waals surface area contributed by atoms with Gasteiger partial charge in [-0.1, -0.05) is 30.3 Å². The smallest absolute Gasteiger partial charge is 0.268 e. The van der Waals surface area contributed by atoms with Crippen LogP contribution in [-0.4, -0.2) is 47.3 Å². The number of halogens is 1. The van der Waals surface area contributed by atoms with E-state index < -0.39 is 23.8 Å². The van der Waals surface area contributed by atoms with E-state index >= 15 is 0 Å². The molecule has 4 rings (SSSR count). The molecule has 0 radical (unpaired) electrons. The van der Waals surface area contributed by atoms with Crippen LogP contribution in [0.3, 0.4) is 0 Å². The Kier molecular flexibility index (Phi) is 8.14. The maximum absolute atomic E-state index is 13.5. The lowest BCUT2D eigenvalue weighted by atomic mass is 9.95. The number of hydrogen-bond donors (Lipinski definition) is 4. The number of allylic oxidation sites excluding steroid dienone is 1. The van der Waals surface area contributed by atoms with Gasteiger partial charge >= 0.3 is 0 Å². The van der Waals surface area contributed by atoms with Crippen molar-refractivity contribution in [2.75, 3.05) is 6.54 Å². The molecule has 9 heteroatoms. The van der Waals surface area contributed by atoms with E-state index in [9.17, 15) is 23.6 Å². The highest BCUT2D eigenvalue weighted by Crippen LogP contribution is 2.23. The molecule has 1 fully saturated rings. The van der Waals surface area contributed by atoms with Crippen molar-refractivity contribution < 1.29 is 23.6 Å². The highest BCUT2D eigenvalue weighted by Gasteiger charge is 2.27. The third-order valence-electron chi connectivity index (χ3n) is 6.37. The summed E-state index contributed by atoms with van der Waals surface area (Å²) in [5, 5.41) is 9.67. The van der Waals surface area contributed by atoms with Crippen LogP contribution < -0.4 is 16.0 Å². The summed E-state index contributed by atoms with van der Waals surface area (Å²) in [6.45, 7) is 0.608. The van der Waals surface area contributed by atoms with Gasteiger partial charge in [-0.3, -0.25) is 4.79 Å². The third-order valence-corrected chi connectivity index (χ3v) is 6.37. The Labute approximate surface area is 212 Å². The average molecular weight is 501 g/mol. The van der Waals surface area contributed by atoms with Crippen molar-refractivity contribution >= 4 is 34.6 Å². The molecule has 37 heavy (non-hydrogen) atoms. The first-order valence-corrected chi connectivity index (χ1v) is 11.8. The fourth-order valence-electron chi connectivity index (χ4n) is 4.50. The third kappa shape index (κ3) is 6.31. The number of H-pyrrole nitrogens is 1. The molecule has 3 atom stereocenters. The SMILES string of the molecule is O=C=C[C@H](C[C@@H]1CCNC1=C=O)NC(=C=O)[C@H](Cc1ccc(F)cc1)NC(=O)c1cc2ccccc2[nH]1. The molecule has 1 aliphatic rings. The summed E-state index contributed by atoms with van der Waals surface area (Å²) >= 11 is 0. The number of aromatic nitrogens is 1. The minimum absolute atomic E-state index is 0.00729. The predicted octanol–water partition coefficient (Wildman–Crippen LogP) is 2.42.